The molecule has 0 aliphatic carbocycles. The number of methoxy groups -OCH3 is 1. The van der Waals surface area contributed by atoms with Crippen molar-refractivity contribution in [3.05, 3.63) is 53.6 Å². The lowest BCUT2D eigenvalue weighted by molar-refractivity contribution is -0.133. The highest BCUT2D eigenvalue weighted by Gasteiger charge is 2.47. The summed E-state index contributed by atoms with van der Waals surface area (Å²) in [5, 5.41) is 0. The summed E-state index contributed by atoms with van der Waals surface area (Å²) < 4.78 is 17.0. The number of ketones is 1. The lowest BCUT2D eigenvalue weighted by Gasteiger charge is -2.34. The van der Waals surface area contributed by atoms with Crippen LogP contribution in [0, 0.1) is 6.92 Å². The van der Waals surface area contributed by atoms with E-state index in [9.17, 15) is 9.59 Å². The van der Waals surface area contributed by atoms with Crippen LogP contribution in [-0.2, 0) is 4.79 Å². The van der Waals surface area contributed by atoms with Gasteiger partial charge in [0.25, 0.3) is 5.91 Å². The minimum Gasteiger partial charge on any atom is -0.497 e. The van der Waals surface area contributed by atoms with Crippen molar-refractivity contribution in [3.8, 4) is 17.2 Å². The van der Waals surface area contributed by atoms with Crippen LogP contribution >= 0.6 is 0 Å². The third-order valence-corrected chi connectivity index (χ3v) is 5.35. The van der Waals surface area contributed by atoms with E-state index in [0.29, 0.717) is 42.3 Å². The number of likely N-dealkylation sites (tertiary alicyclic amines) is 1. The van der Waals surface area contributed by atoms with Gasteiger partial charge in [0.05, 0.1) is 25.6 Å². The smallest absolute Gasteiger partial charge is 0.260 e. The maximum absolute atomic E-state index is 12.7. The third kappa shape index (κ3) is 3.54. The fraction of sp³-hybridized carbons (Fsp3) is 0.364. The Bertz CT molecular complexity index is 908. The predicted octanol–water partition coefficient (Wildman–Crippen LogP) is 3.02. The maximum Gasteiger partial charge on any atom is 0.260 e. The number of fused-ring (bicyclic) bond motifs is 1. The Balaban J connectivity index is 1.41. The van der Waals surface area contributed by atoms with E-state index in [-0.39, 0.29) is 24.7 Å². The van der Waals surface area contributed by atoms with Crippen LogP contribution in [0.2, 0.25) is 0 Å². The number of benzene rings is 2. The second kappa shape index (κ2) is 7.19. The first-order valence-electron chi connectivity index (χ1n) is 9.35. The Labute approximate surface area is 164 Å². The molecule has 6 heteroatoms. The van der Waals surface area contributed by atoms with Gasteiger partial charge in [0.2, 0.25) is 0 Å². The molecule has 28 heavy (non-hydrogen) atoms. The van der Waals surface area contributed by atoms with Crippen LogP contribution < -0.4 is 14.2 Å². The number of aryl methyl sites for hydroxylation is 1. The van der Waals surface area contributed by atoms with E-state index in [1.54, 1.807) is 30.2 Å². The molecule has 0 N–H and O–H groups in total. The molecule has 1 atom stereocenters. The number of carbonyl (C=O) groups excluding carboxylic acids is 2. The molecular formula is C22H23NO5. The van der Waals surface area contributed by atoms with E-state index < -0.39 is 5.60 Å². The molecule has 0 bridgehead atoms. The Morgan fingerprint density at radius 1 is 1.18 bits per heavy atom. The molecule has 2 aromatic rings. The van der Waals surface area contributed by atoms with Gasteiger partial charge in [-0.15, -0.1) is 0 Å². The zero-order valence-corrected chi connectivity index (χ0v) is 16.1. The highest BCUT2D eigenvalue weighted by Crippen LogP contribution is 2.40. The molecule has 1 saturated heterocycles. The summed E-state index contributed by atoms with van der Waals surface area (Å²) in [6, 6.07) is 12.8. The standard InChI is InChI=1S/C22H23NO5/c1-15-3-5-16(6-4-15)27-13-21(25)23-10-9-22(14-23)12-19(24)18-11-17(26-2)7-8-20(18)28-22/h3-8,11H,9-10,12-14H2,1-2H3. The van der Waals surface area contributed by atoms with E-state index in [1.807, 2.05) is 31.2 Å². The SMILES string of the molecule is COc1ccc2c(c1)C(=O)CC1(CCN(C(=O)COc3ccc(C)cc3)C1)O2. The van der Waals surface area contributed by atoms with Gasteiger partial charge >= 0.3 is 0 Å². The van der Waals surface area contributed by atoms with Gasteiger partial charge in [-0.1, -0.05) is 17.7 Å². The van der Waals surface area contributed by atoms with Gasteiger partial charge in [-0.05, 0) is 37.3 Å². The Morgan fingerprint density at radius 3 is 2.68 bits per heavy atom. The van der Waals surface area contributed by atoms with E-state index >= 15 is 0 Å². The summed E-state index contributed by atoms with van der Waals surface area (Å²) in [7, 11) is 1.57. The minimum atomic E-state index is -0.655. The molecule has 1 amide bonds. The van der Waals surface area contributed by atoms with Gasteiger partial charge in [-0.2, -0.15) is 0 Å². The zero-order chi connectivity index (χ0) is 19.7. The lowest BCUT2D eigenvalue weighted by atomic mass is 9.89. The second-order valence-corrected chi connectivity index (χ2v) is 7.41. The van der Waals surface area contributed by atoms with Gasteiger partial charge in [0, 0.05) is 13.0 Å². The number of hydrogen-bond acceptors (Lipinski definition) is 5. The highest BCUT2D eigenvalue weighted by molar-refractivity contribution is 6.01. The number of rotatable bonds is 4. The van der Waals surface area contributed by atoms with Crippen LogP contribution in [0.25, 0.3) is 0 Å². The van der Waals surface area contributed by atoms with E-state index in [4.69, 9.17) is 14.2 Å². The van der Waals surface area contributed by atoms with Gasteiger partial charge in [-0.25, -0.2) is 0 Å². The van der Waals surface area contributed by atoms with Crippen molar-refractivity contribution in [2.45, 2.75) is 25.4 Å². The maximum atomic E-state index is 12.7. The van der Waals surface area contributed by atoms with E-state index in [1.165, 1.54) is 0 Å². The molecule has 0 saturated carbocycles. The molecule has 2 aromatic carbocycles. The number of nitrogens with zero attached hydrogens (tertiary/aromatic N) is 1. The van der Waals surface area contributed by atoms with Crippen LogP contribution in [0.5, 0.6) is 17.2 Å². The predicted molar refractivity (Wildman–Crippen MR) is 103 cm³/mol. The quantitative estimate of drug-likeness (QED) is 0.815. The highest BCUT2D eigenvalue weighted by atomic mass is 16.5. The molecule has 6 nitrogen and oxygen atoms in total. The Morgan fingerprint density at radius 2 is 1.93 bits per heavy atom. The van der Waals surface area contributed by atoms with Crippen molar-refractivity contribution < 1.29 is 23.8 Å². The molecular weight excluding hydrogens is 358 g/mol. The Hall–Kier alpha value is -3.02. The monoisotopic (exact) mass is 381 g/mol. The van der Waals surface area contributed by atoms with Crippen LogP contribution in [-0.4, -0.2) is 49.0 Å². The molecule has 2 aliphatic rings. The summed E-state index contributed by atoms with van der Waals surface area (Å²) in [5.74, 6) is 1.77. The number of hydrogen-bond donors (Lipinski definition) is 0. The molecule has 1 spiro atoms. The molecule has 0 radical (unpaired) electrons. The number of carbonyl (C=O) groups is 2. The van der Waals surface area contributed by atoms with Crippen molar-refractivity contribution in [2.75, 3.05) is 26.8 Å². The molecule has 2 heterocycles. The van der Waals surface area contributed by atoms with Gasteiger partial charge < -0.3 is 19.1 Å². The molecule has 1 fully saturated rings. The lowest BCUT2D eigenvalue weighted by Crippen LogP contribution is -2.45. The van der Waals surface area contributed by atoms with Crippen molar-refractivity contribution in [1.29, 1.82) is 0 Å². The fourth-order valence-corrected chi connectivity index (χ4v) is 3.76. The summed E-state index contributed by atoms with van der Waals surface area (Å²) in [5.41, 5.74) is 1.02. The molecule has 2 aliphatic heterocycles. The minimum absolute atomic E-state index is 0.0188. The van der Waals surface area contributed by atoms with Gasteiger partial charge in [-0.3, -0.25) is 9.59 Å². The van der Waals surface area contributed by atoms with Crippen LogP contribution in [0.1, 0.15) is 28.8 Å². The van der Waals surface area contributed by atoms with Crippen LogP contribution in [0.15, 0.2) is 42.5 Å². The first-order valence-corrected chi connectivity index (χ1v) is 9.35. The molecule has 0 aromatic heterocycles. The largest absolute Gasteiger partial charge is 0.497 e. The van der Waals surface area contributed by atoms with Crippen LogP contribution in [0.4, 0.5) is 0 Å². The summed E-state index contributed by atoms with van der Waals surface area (Å²) in [4.78, 5) is 27.0. The summed E-state index contributed by atoms with van der Waals surface area (Å²) in [6.07, 6.45) is 0.885. The van der Waals surface area contributed by atoms with Gasteiger partial charge in [0.1, 0.15) is 22.8 Å². The Kier molecular flexibility index (Phi) is 4.71. The van der Waals surface area contributed by atoms with Crippen molar-refractivity contribution in [2.24, 2.45) is 0 Å². The average Bonchev–Trinajstić information content (AvgIpc) is 3.10. The first kappa shape index (κ1) is 18.3. The van der Waals surface area contributed by atoms with Crippen molar-refractivity contribution in [3.63, 3.8) is 0 Å². The van der Waals surface area contributed by atoms with Gasteiger partial charge in [0.15, 0.2) is 12.4 Å². The third-order valence-electron chi connectivity index (χ3n) is 5.35. The zero-order valence-electron chi connectivity index (χ0n) is 16.1. The number of ether oxygens (including phenoxy) is 3. The first-order chi connectivity index (χ1) is 13.5. The second-order valence-electron chi connectivity index (χ2n) is 7.41. The van der Waals surface area contributed by atoms with Crippen molar-refractivity contribution >= 4 is 11.7 Å². The molecule has 1 unspecified atom stereocenters. The molecule has 4 rings (SSSR count). The topological polar surface area (TPSA) is 65.1 Å². The summed E-state index contributed by atoms with van der Waals surface area (Å²) >= 11 is 0. The fourth-order valence-electron chi connectivity index (χ4n) is 3.76. The normalized spacial score (nSPS) is 20.6. The van der Waals surface area contributed by atoms with E-state index in [2.05, 4.69) is 0 Å². The number of amides is 1. The number of Topliss-reactive ketones (excluding diaryl/α,β-unsaturated/α-hetero) is 1. The summed E-state index contributed by atoms with van der Waals surface area (Å²) in [6.45, 7) is 2.91. The van der Waals surface area contributed by atoms with Crippen LogP contribution in [0.3, 0.4) is 0 Å². The van der Waals surface area contributed by atoms with E-state index in [0.717, 1.165) is 5.56 Å². The average molecular weight is 381 g/mol. The molecule has 146 valence electrons. The van der Waals surface area contributed by atoms with Crippen molar-refractivity contribution in [1.82, 2.24) is 4.90 Å².